The summed E-state index contributed by atoms with van der Waals surface area (Å²) in [6.07, 6.45) is 0. The first-order valence-electron chi connectivity index (χ1n) is 3.73. The average Bonchev–Trinajstić information content (AvgIpc) is 2.47. The standard InChI is InChI=1S/C9H7BrClNS/c10-3-5-1-9-6(2-7(5)11)8(12)4-13-9/h1-2,4H,3,12H2. The SMILES string of the molecule is Nc1csc2cc(CBr)c(Cl)cc12. The van der Waals surface area contributed by atoms with Crippen molar-refractivity contribution >= 4 is 54.6 Å². The van der Waals surface area contributed by atoms with Crippen molar-refractivity contribution in [2.75, 3.05) is 5.73 Å². The van der Waals surface area contributed by atoms with Gasteiger partial charge in [0.1, 0.15) is 0 Å². The van der Waals surface area contributed by atoms with E-state index in [9.17, 15) is 0 Å². The van der Waals surface area contributed by atoms with Gasteiger partial charge >= 0.3 is 0 Å². The second kappa shape index (κ2) is 3.48. The van der Waals surface area contributed by atoms with Crippen LogP contribution in [-0.2, 0) is 5.33 Å². The van der Waals surface area contributed by atoms with Crippen molar-refractivity contribution < 1.29 is 0 Å². The molecule has 0 fully saturated rings. The lowest BCUT2D eigenvalue weighted by molar-refractivity contribution is 1.47. The highest BCUT2D eigenvalue weighted by Gasteiger charge is 2.05. The van der Waals surface area contributed by atoms with Gasteiger partial charge in [-0.05, 0) is 17.7 Å². The van der Waals surface area contributed by atoms with Gasteiger partial charge in [0.15, 0.2) is 0 Å². The van der Waals surface area contributed by atoms with Crippen molar-refractivity contribution in [3.05, 3.63) is 28.1 Å². The number of rotatable bonds is 1. The maximum atomic E-state index is 6.05. The second-order valence-electron chi connectivity index (χ2n) is 2.76. The summed E-state index contributed by atoms with van der Waals surface area (Å²) in [4.78, 5) is 0. The van der Waals surface area contributed by atoms with E-state index in [4.69, 9.17) is 17.3 Å². The Morgan fingerprint density at radius 3 is 2.92 bits per heavy atom. The molecular weight excluding hydrogens is 270 g/mol. The first-order valence-corrected chi connectivity index (χ1v) is 6.11. The van der Waals surface area contributed by atoms with E-state index in [1.165, 1.54) is 4.70 Å². The first-order chi connectivity index (χ1) is 6.22. The van der Waals surface area contributed by atoms with E-state index >= 15 is 0 Å². The van der Waals surface area contributed by atoms with Gasteiger partial charge in [0, 0.05) is 25.8 Å². The van der Waals surface area contributed by atoms with Crippen LogP contribution in [0.25, 0.3) is 10.1 Å². The molecule has 0 saturated heterocycles. The summed E-state index contributed by atoms with van der Waals surface area (Å²) in [5.74, 6) is 0. The average molecular weight is 277 g/mol. The maximum absolute atomic E-state index is 6.05. The Morgan fingerprint density at radius 1 is 1.46 bits per heavy atom. The molecule has 0 aliphatic carbocycles. The Kier molecular flexibility index (Phi) is 2.49. The van der Waals surface area contributed by atoms with E-state index in [0.717, 1.165) is 27.0 Å². The molecular formula is C9H7BrClNS. The van der Waals surface area contributed by atoms with Gasteiger partial charge in [-0.3, -0.25) is 0 Å². The molecule has 0 unspecified atom stereocenters. The molecule has 0 amide bonds. The molecule has 2 rings (SSSR count). The molecule has 68 valence electrons. The Labute approximate surface area is 93.6 Å². The van der Waals surface area contributed by atoms with Crippen LogP contribution < -0.4 is 5.73 Å². The minimum Gasteiger partial charge on any atom is -0.398 e. The van der Waals surface area contributed by atoms with Gasteiger partial charge in [-0.1, -0.05) is 27.5 Å². The third-order valence-electron chi connectivity index (χ3n) is 1.92. The normalized spacial score (nSPS) is 10.9. The van der Waals surface area contributed by atoms with Crippen molar-refractivity contribution in [1.29, 1.82) is 0 Å². The molecule has 0 saturated carbocycles. The van der Waals surface area contributed by atoms with Gasteiger partial charge in [0.05, 0.1) is 5.69 Å². The van der Waals surface area contributed by atoms with Crippen molar-refractivity contribution in [3.63, 3.8) is 0 Å². The summed E-state index contributed by atoms with van der Waals surface area (Å²) in [5, 5.41) is 4.55. The molecule has 1 nitrogen and oxygen atoms in total. The number of hydrogen-bond acceptors (Lipinski definition) is 2. The number of nitrogen functional groups attached to an aromatic ring is 1. The second-order valence-corrected chi connectivity index (χ2v) is 4.64. The highest BCUT2D eigenvalue weighted by atomic mass is 79.9. The smallest absolute Gasteiger partial charge is 0.0503 e. The Hall–Kier alpha value is -0.250. The molecule has 0 atom stereocenters. The molecule has 1 aromatic carbocycles. The third kappa shape index (κ3) is 1.56. The predicted octanol–water partition coefficient (Wildman–Crippen LogP) is 4.03. The molecule has 2 N–H and O–H groups in total. The highest BCUT2D eigenvalue weighted by molar-refractivity contribution is 9.08. The van der Waals surface area contributed by atoms with Gasteiger partial charge in [-0.2, -0.15) is 0 Å². The van der Waals surface area contributed by atoms with E-state index in [2.05, 4.69) is 22.0 Å². The van der Waals surface area contributed by atoms with Crippen LogP contribution >= 0.6 is 38.9 Å². The van der Waals surface area contributed by atoms with Gasteiger partial charge in [0.25, 0.3) is 0 Å². The highest BCUT2D eigenvalue weighted by Crippen LogP contribution is 2.33. The number of thiophene rings is 1. The molecule has 1 aromatic heterocycles. The fourth-order valence-corrected chi connectivity index (χ4v) is 2.96. The zero-order chi connectivity index (χ0) is 9.42. The van der Waals surface area contributed by atoms with E-state index in [0.29, 0.717) is 0 Å². The van der Waals surface area contributed by atoms with Crippen LogP contribution in [0.2, 0.25) is 5.02 Å². The fourth-order valence-electron chi connectivity index (χ4n) is 1.21. The van der Waals surface area contributed by atoms with Crippen LogP contribution in [-0.4, -0.2) is 0 Å². The van der Waals surface area contributed by atoms with Gasteiger partial charge in [-0.25, -0.2) is 0 Å². The Bertz CT molecular complexity index is 452. The number of nitrogens with two attached hydrogens (primary N) is 1. The van der Waals surface area contributed by atoms with Crippen LogP contribution in [0, 0.1) is 0 Å². The molecule has 1 heterocycles. The molecule has 13 heavy (non-hydrogen) atoms. The molecule has 2 aromatic rings. The van der Waals surface area contributed by atoms with Crippen LogP contribution in [0.3, 0.4) is 0 Å². The van der Waals surface area contributed by atoms with E-state index in [1.807, 2.05) is 11.4 Å². The number of alkyl halides is 1. The van der Waals surface area contributed by atoms with Crippen LogP contribution in [0.4, 0.5) is 5.69 Å². The zero-order valence-electron chi connectivity index (χ0n) is 6.68. The van der Waals surface area contributed by atoms with Crippen LogP contribution in [0.1, 0.15) is 5.56 Å². The molecule has 0 aliphatic rings. The van der Waals surface area contributed by atoms with Crippen molar-refractivity contribution in [2.45, 2.75) is 5.33 Å². The summed E-state index contributed by atoms with van der Waals surface area (Å²) >= 11 is 11.1. The van der Waals surface area contributed by atoms with Crippen molar-refractivity contribution in [2.24, 2.45) is 0 Å². The summed E-state index contributed by atoms with van der Waals surface area (Å²) < 4.78 is 1.19. The molecule has 0 spiro atoms. The summed E-state index contributed by atoms with van der Waals surface area (Å²) in [7, 11) is 0. The van der Waals surface area contributed by atoms with E-state index < -0.39 is 0 Å². The fraction of sp³-hybridized carbons (Fsp3) is 0.111. The molecule has 0 radical (unpaired) electrons. The number of hydrogen-bond donors (Lipinski definition) is 1. The Morgan fingerprint density at radius 2 is 2.23 bits per heavy atom. The first kappa shape index (κ1) is 9.31. The predicted molar refractivity (Wildman–Crippen MR) is 63.9 cm³/mol. The number of fused-ring (bicyclic) bond motifs is 1. The monoisotopic (exact) mass is 275 g/mol. The Balaban J connectivity index is 2.76. The van der Waals surface area contributed by atoms with Gasteiger partial charge in [-0.15, -0.1) is 11.3 Å². The van der Waals surface area contributed by atoms with E-state index in [1.54, 1.807) is 11.3 Å². The zero-order valence-corrected chi connectivity index (χ0v) is 9.84. The molecule has 0 aliphatic heterocycles. The number of anilines is 1. The molecule has 0 bridgehead atoms. The topological polar surface area (TPSA) is 26.0 Å². The quantitative estimate of drug-likeness (QED) is 0.782. The summed E-state index contributed by atoms with van der Waals surface area (Å²) in [6.45, 7) is 0. The maximum Gasteiger partial charge on any atom is 0.0503 e. The lowest BCUT2D eigenvalue weighted by Crippen LogP contribution is -1.83. The number of halogens is 2. The molecule has 4 heteroatoms. The van der Waals surface area contributed by atoms with Crippen LogP contribution in [0.5, 0.6) is 0 Å². The minimum absolute atomic E-state index is 0.773. The van der Waals surface area contributed by atoms with Crippen molar-refractivity contribution in [1.82, 2.24) is 0 Å². The van der Waals surface area contributed by atoms with E-state index in [-0.39, 0.29) is 0 Å². The minimum atomic E-state index is 0.773. The summed E-state index contributed by atoms with van der Waals surface area (Å²) in [5.41, 5.74) is 7.69. The lowest BCUT2D eigenvalue weighted by Gasteiger charge is -2.00. The van der Waals surface area contributed by atoms with Crippen LogP contribution in [0.15, 0.2) is 17.5 Å². The van der Waals surface area contributed by atoms with Gasteiger partial charge < -0.3 is 5.73 Å². The third-order valence-corrected chi connectivity index (χ3v) is 3.84. The van der Waals surface area contributed by atoms with Crippen molar-refractivity contribution in [3.8, 4) is 0 Å². The lowest BCUT2D eigenvalue weighted by atomic mass is 10.2. The number of benzene rings is 1. The summed E-state index contributed by atoms with van der Waals surface area (Å²) in [6, 6.07) is 4.01. The largest absolute Gasteiger partial charge is 0.398 e. The van der Waals surface area contributed by atoms with Gasteiger partial charge in [0.2, 0.25) is 0 Å².